The van der Waals surface area contributed by atoms with Crippen molar-refractivity contribution in [1.29, 1.82) is 0 Å². The molecule has 0 amide bonds. The van der Waals surface area contributed by atoms with Gasteiger partial charge in [0.2, 0.25) is 8.07 Å². The lowest BCUT2D eigenvalue weighted by atomic mass is 10.3. The largest absolute Gasteiger partial charge is 0.229 e. The van der Waals surface area contributed by atoms with Crippen molar-refractivity contribution in [2.75, 3.05) is 0 Å². The van der Waals surface area contributed by atoms with Gasteiger partial charge in [-0.2, -0.15) is 0 Å². The Labute approximate surface area is 286 Å². The molecule has 0 radical (unpaired) electrons. The van der Waals surface area contributed by atoms with Crippen molar-refractivity contribution >= 4 is 103 Å². The van der Waals surface area contributed by atoms with E-state index in [1.165, 1.54) is 15.6 Å². The minimum Gasteiger partial charge on any atom is -0.126 e. The van der Waals surface area contributed by atoms with Crippen LogP contribution in [0.1, 0.15) is 0 Å². The summed E-state index contributed by atoms with van der Waals surface area (Å²) in [7, 11) is -12.7. The lowest BCUT2D eigenvalue weighted by Gasteiger charge is -2.36. The molecule has 0 aliphatic heterocycles. The van der Waals surface area contributed by atoms with Gasteiger partial charge in [-0.05, 0) is 15.6 Å². The first-order valence-electron chi connectivity index (χ1n) is 17.0. The van der Waals surface area contributed by atoms with Crippen LogP contribution in [-0.4, -0.2) is 56.5 Å². The van der Waals surface area contributed by atoms with Gasteiger partial charge in [0, 0.05) is 0 Å². The van der Waals surface area contributed by atoms with Gasteiger partial charge < -0.3 is 0 Å². The van der Waals surface area contributed by atoms with Gasteiger partial charge in [-0.15, -0.1) is 12.0 Å². The molecule has 0 aliphatic carbocycles. The predicted octanol–water partition coefficient (Wildman–Crippen LogP) is 5.60. The van der Waals surface area contributed by atoms with E-state index in [1.54, 1.807) is 31.1 Å². The Bertz CT molecular complexity index is 1320. The Morgan fingerprint density at radius 2 is 0.422 bits per heavy atom. The molecular weight excluding hydrogens is 653 g/mol. The van der Waals surface area contributed by atoms with Gasteiger partial charge in [-0.25, -0.2) is 0 Å². The maximum absolute atomic E-state index is 7.14. The van der Waals surface area contributed by atoms with Gasteiger partial charge in [-0.1, -0.05) is 204 Å². The van der Waals surface area contributed by atoms with Crippen LogP contribution in [0.25, 0.3) is 0 Å². The van der Waals surface area contributed by atoms with Crippen molar-refractivity contribution in [3.63, 3.8) is 0 Å². The summed E-state index contributed by atoms with van der Waals surface area (Å²) in [6.45, 7) is 45.1. The molecule has 0 bridgehead atoms. The first kappa shape index (κ1) is 38.2. The van der Waals surface area contributed by atoms with Crippen molar-refractivity contribution in [2.24, 2.45) is 0 Å². The van der Waals surface area contributed by atoms with Gasteiger partial charge >= 0.3 is 0 Å². The standard InChI is InChI=1S/C38H64Si7/c1-20-45(36-24-30(39(2,3)4)21-31(25-36)40(5,6)7,37-26-32(41(8,9)10)22-33(27-37)42(11,12)13)38-28-34(43(14,15)16)23-35(29-38)44(17,18)19/h1,21-29H,2-19H3. The van der Waals surface area contributed by atoms with Gasteiger partial charge in [0.1, 0.15) is 0 Å². The summed E-state index contributed by atoms with van der Waals surface area (Å²) >= 11 is 0. The normalized spacial score (nSPS) is 14.0. The Hall–Kier alpha value is -1.26. The third kappa shape index (κ3) is 8.43. The summed E-state index contributed by atoms with van der Waals surface area (Å²) in [5.74, 6) is 0. The molecule has 45 heavy (non-hydrogen) atoms. The second-order valence-corrected chi connectivity index (χ2v) is 53.8. The Kier molecular flexibility index (Phi) is 10.5. The van der Waals surface area contributed by atoms with Crippen molar-refractivity contribution in [3.8, 4) is 12.0 Å². The number of hydrogen-bond acceptors (Lipinski definition) is 0. The fraction of sp³-hybridized carbons (Fsp3) is 0.474. The molecule has 0 fully saturated rings. The fourth-order valence-corrected chi connectivity index (χ4v) is 18.0. The number of rotatable bonds is 9. The van der Waals surface area contributed by atoms with Crippen LogP contribution >= 0.6 is 0 Å². The second kappa shape index (κ2) is 12.3. The molecule has 244 valence electrons. The third-order valence-electron chi connectivity index (χ3n) is 9.51. The van der Waals surface area contributed by atoms with Gasteiger partial charge in [-0.3, -0.25) is 0 Å². The molecule has 3 aromatic rings. The lowest BCUT2D eigenvalue weighted by Crippen LogP contribution is -2.71. The van der Waals surface area contributed by atoms with Crippen LogP contribution in [0.2, 0.25) is 118 Å². The third-order valence-corrected chi connectivity index (χ3v) is 25.5. The molecule has 0 unspecified atom stereocenters. The van der Waals surface area contributed by atoms with Crippen molar-refractivity contribution < 1.29 is 0 Å². The van der Waals surface area contributed by atoms with Crippen LogP contribution in [0, 0.1) is 12.0 Å². The van der Waals surface area contributed by atoms with E-state index in [9.17, 15) is 0 Å². The van der Waals surface area contributed by atoms with Gasteiger partial charge in [0.15, 0.2) is 0 Å². The molecule has 0 nitrogen and oxygen atoms in total. The quantitative estimate of drug-likeness (QED) is 0.154. The predicted molar refractivity (Wildman–Crippen MR) is 231 cm³/mol. The summed E-state index contributed by atoms with van der Waals surface area (Å²) in [6.07, 6.45) is 7.14. The molecule has 0 aliphatic rings. The highest BCUT2D eigenvalue weighted by Crippen LogP contribution is 2.14. The molecule has 0 saturated carbocycles. The molecule has 0 atom stereocenters. The van der Waals surface area contributed by atoms with Crippen LogP contribution in [0.4, 0.5) is 0 Å². The van der Waals surface area contributed by atoms with Crippen molar-refractivity contribution in [3.05, 3.63) is 54.6 Å². The van der Waals surface area contributed by atoms with E-state index >= 15 is 0 Å². The van der Waals surface area contributed by atoms with E-state index in [0.717, 1.165) is 0 Å². The van der Waals surface area contributed by atoms with Gasteiger partial charge in [0.05, 0.1) is 48.4 Å². The Balaban J connectivity index is 2.75. The first-order valence-corrected chi connectivity index (χ1v) is 40.0. The molecule has 3 rings (SSSR count). The highest BCUT2D eigenvalue weighted by Gasteiger charge is 2.43. The first-order chi connectivity index (χ1) is 20.0. The number of terminal acetylenes is 1. The van der Waals surface area contributed by atoms with Crippen LogP contribution < -0.4 is 46.7 Å². The van der Waals surface area contributed by atoms with E-state index in [0.29, 0.717) is 0 Å². The average Bonchev–Trinajstić information content (AvgIpc) is 2.86. The van der Waals surface area contributed by atoms with Crippen molar-refractivity contribution in [1.82, 2.24) is 0 Å². The summed E-state index contributed by atoms with van der Waals surface area (Å²) in [5.41, 5.74) is 3.77. The van der Waals surface area contributed by atoms with Crippen LogP contribution in [-0.2, 0) is 0 Å². The maximum atomic E-state index is 7.14. The van der Waals surface area contributed by atoms with E-state index in [-0.39, 0.29) is 0 Å². The molecule has 0 spiro atoms. The van der Waals surface area contributed by atoms with E-state index in [1.807, 2.05) is 0 Å². The van der Waals surface area contributed by atoms with Crippen LogP contribution in [0.3, 0.4) is 0 Å². The zero-order valence-corrected chi connectivity index (χ0v) is 39.3. The summed E-state index contributed by atoms with van der Waals surface area (Å²) in [6, 6.07) is 23.4. The molecule has 0 saturated heterocycles. The fourth-order valence-electron chi connectivity index (χ4n) is 5.88. The number of hydrogen-bond donors (Lipinski definition) is 0. The molecule has 0 aromatic heterocycles. The smallest absolute Gasteiger partial charge is 0.126 e. The summed E-state index contributed by atoms with van der Waals surface area (Å²) in [5, 5.41) is 13.7. The number of benzene rings is 3. The topological polar surface area (TPSA) is 0 Å². The molecule has 7 heteroatoms. The Morgan fingerprint density at radius 1 is 0.289 bits per heavy atom. The zero-order chi connectivity index (χ0) is 34.8. The van der Waals surface area contributed by atoms with Crippen LogP contribution in [0.15, 0.2) is 54.6 Å². The van der Waals surface area contributed by atoms with Crippen LogP contribution in [0.5, 0.6) is 0 Å². The lowest BCUT2D eigenvalue weighted by molar-refractivity contribution is 1.65. The van der Waals surface area contributed by atoms with Gasteiger partial charge in [0.25, 0.3) is 0 Å². The van der Waals surface area contributed by atoms with Crippen molar-refractivity contribution in [2.45, 2.75) is 118 Å². The molecule has 0 N–H and O–H groups in total. The highest BCUT2D eigenvalue weighted by molar-refractivity contribution is 7.18. The minimum absolute atomic E-state index is 1.45. The summed E-state index contributed by atoms with van der Waals surface area (Å²) in [4.78, 5) is 0. The minimum atomic E-state index is -2.90. The zero-order valence-electron chi connectivity index (χ0n) is 32.3. The van der Waals surface area contributed by atoms with E-state index in [2.05, 4.69) is 178 Å². The molecule has 0 heterocycles. The molecular formula is C38H64Si7. The Morgan fingerprint density at radius 3 is 0.533 bits per heavy atom. The second-order valence-electron chi connectivity index (χ2n) is 19.8. The SMILES string of the molecule is C#C[Si](c1cc([Si](C)(C)C)cc([Si](C)(C)C)c1)(c1cc([Si](C)(C)C)cc([Si](C)(C)C)c1)c1cc([Si](C)(C)C)cc([Si](C)(C)C)c1. The average molecular weight is 718 g/mol. The monoisotopic (exact) mass is 716 g/mol. The maximum Gasteiger partial charge on any atom is 0.229 e. The van der Waals surface area contributed by atoms with E-state index in [4.69, 9.17) is 6.42 Å². The molecule has 3 aromatic carbocycles. The summed E-state index contributed by atoms with van der Waals surface area (Å²) < 4.78 is 0. The van der Waals surface area contributed by atoms with E-state index < -0.39 is 56.5 Å². The highest BCUT2D eigenvalue weighted by atomic mass is 28.3.